The number of halogens is 1. The molecule has 6 aliphatic rings. The number of carbonyl (C=O) groups is 2. The Morgan fingerprint density at radius 1 is 1.13 bits per heavy atom. The minimum Gasteiger partial charge on any atom is -0.490 e. The Hall–Kier alpha value is -3.09. The summed E-state index contributed by atoms with van der Waals surface area (Å²) in [5.74, 6) is 4.06. The Bertz CT molecular complexity index is 1920. The first-order valence-corrected chi connectivity index (χ1v) is 22.0. The lowest BCUT2D eigenvalue weighted by Crippen LogP contribution is -2.60. The second-order valence-electron chi connectivity index (χ2n) is 17.0. The summed E-state index contributed by atoms with van der Waals surface area (Å²) in [4.78, 5) is 34.6. The molecule has 1 unspecified atom stereocenters. The Morgan fingerprint density at radius 2 is 1.98 bits per heavy atom. The van der Waals surface area contributed by atoms with Crippen molar-refractivity contribution in [3.05, 3.63) is 70.3 Å². The number of carbonyl (C=O) groups excluding carboxylic acids is 2. The van der Waals surface area contributed by atoms with Crippen LogP contribution in [0.25, 0.3) is 0 Å². The molecule has 2 aromatic carbocycles. The smallest absolute Gasteiger partial charge is 0.262 e. The van der Waals surface area contributed by atoms with Crippen LogP contribution in [0, 0.1) is 17.8 Å². The van der Waals surface area contributed by atoms with E-state index in [2.05, 4.69) is 32.5 Å². The molecule has 4 aliphatic heterocycles. The van der Waals surface area contributed by atoms with Crippen LogP contribution in [0.3, 0.4) is 0 Å². The Labute approximate surface area is 325 Å². The van der Waals surface area contributed by atoms with Gasteiger partial charge in [0.2, 0.25) is 5.91 Å². The van der Waals surface area contributed by atoms with E-state index in [1.807, 2.05) is 49.1 Å². The van der Waals surface area contributed by atoms with Crippen molar-refractivity contribution < 1.29 is 28.4 Å². The number of benzene rings is 2. The van der Waals surface area contributed by atoms with Gasteiger partial charge in [-0.15, -0.1) is 0 Å². The first-order valence-electron chi connectivity index (χ1n) is 19.8. The summed E-state index contributed by atoms with van der Waals surface area (Å²) >= 11 is 6.49. The molecular formula is C42H55ClN4O6S. The fourth-order valence-corrected chi connectivity index (χ4v) is 11.7. The van der Waals surface area contributed by atoms with Gasteiger partial charge in [-0.25, -0.2) is 4.21 Å². The van der Waals surface area contributed by atoms with E-state index in [0.717, 1.165) is 62.5 Å². The number of piperazine rings is 1. The van der Waals surface area contributed by atoms with E-state index in [4.69, 9.17) is 21.1 Å². The maximum atomic E-state index is 14.1. The van der Waals surface area contributed by atoms with Crippen molar-refractivity contribution in [3.8, 4) is 5.75 Å². The summed E-state index contributed by atoms with van der Waals surface area (Å²) in [6.45, 7) is 9.88. The Morgan fingerprint density at radius 3 is 2.80 bits per heavy atom. The topological polar surface area (TPSA) is 112 Å². The van der Waals surface area contributed by atoms with Crippen LogP contribution in [0.1, 0.15) is 73.9 Å². The van der Waals surface area contributed by atoms with Crippen molar-refractivity contribution in [3.63, 3.8) is 0 Å². The van der Waals surface area contributed by atoms with Crippen LogP contribution < -0.4 is 14.4 Å². The van der Waals surface area contributed by atoms with Crippen molar-refractivity contribution in [2.45, 2.75) is 81.1 Å². The molecule has 12 heteroatoms. The first-order chi connectivity index (χ1) is 25.8. The lowest BCUT2D eigenvalue weighted by molar-refractivity contribution is -0.145. The molecule has 3 fully saturated rings. The van der Waals surface area contributed by atoms with Crippen LogP contribution in [0.2, 0.25) is 5.02 Å². The molecule has 2 amide bonds. The number of allylic oxidation sites excluding steroid dienone is 1. The van der Waals surface area contributed by atoms with E-state index in [-0.39, 0.29) is 41.5 Å². The van der Waals surface area contributed by atoms with Crippen molar-refractivity contribution >= 4 is 44.7 Å². The van der Waals surface area contributed by atoms with Gasteiger partial charge in [0.15, 0.2) is 0 Å². The summed E-state index contributed by atoms with van der Waals surface area (Å²) in [6.07, 6.45) is 8.95. The molecule has 8 atom stereocenters. The monoisotopic (exact) mass is 778 g/mol. The molecule has 2 aliphatic carbocycles. The van der Waals surface area contributed by atoms with Gasteiger partial charge in [-0.2, -0.15) is 0 Å². The Balaban J connectivity index is 1.16. The number of ether oxygens (including phenoxy) is 2. The summed E-state index contributed by atoms with van der Waals surface area (Å²) in [5, 5.41) is 13.0. The van der Waals surface area contributed by atoms with E-state index in [1.54, 1.807) is 6.07 Å². The standard InChI is InChI=1S/C42H55ClN4O6S/c1-28-6-4-15-42(50,22-39(48)46-17-16-45-18-19-52-25-34(45)24-46)36-11-8-32(36)23-47-26-41(14-5-7-30-20-33(43)10-12-35(30)41)27-53-38-13-9-31(21-37(38)47)40(49)44-54(3,51)29(28)2/h4,9-10,12-13,15,20-21,28-29,32,34,36,50H,3,5-8,11,14,16-19,22-27H2,1-2H3,(H,44,49,51)/b15-4+/t28-,29+,32-,34-,36+,41-,42+,54?/m0/s1. The molecule has 10 nitrogen and oxygen atoms in total. The fourth-order valence-electron chi connectivity index (χ4n) is 9.99. The van der Waals surface area contributed by atoms with Gasteiger partial charge < -0.3 is 24.4 Å². The minimum atomic E-state index is -3.04. The Kier molecular flexibility index (Phi) is 10.3. The molecule has 2 N–H and O–H groups in total. The first kappa shape index (κ1) is 37.8. The second kappa shape index (κ2) is 14.8. The summed E-state index contributed by atoms with van der Waals surface area (Å²) in [6, 6.07) is 11.8. The van der Waals surface area contributed by atoms with Crippen LogP contribution >= 0.6 is 11.6 Å². The van der Waals surface area contributed by atoms with Gasteiger partial charge in [0, 0.05) is 60.5 Å². The number of hydrogen-bond acceptors (Lipinski definition) is 8. The molecule has 2 saturated heterocycles. The highest BCUT2D eigenvalue weighted by molar-refractivity contribution is 7.99. The molecule has 0 aromatic heterocycles. The fraction of sp³-hybridized carbons (Fsp3) is 0.595. The predicted octanol–water partition coefficient (Wildman–Crippen LogP) is 4.85. The molecule has 1 spiro atoms. The predicted molar refractivity (Wildman–Crippen MR) is 214 cm³/mol. The number of anilines is 1. The number of aliphatic hydroxyl groups is 1. The maximum Gasteiger partial charge on any atom is 0.262 e. The second-order valence-corrected chi connectivity index (χ2v) is 19.8. The number of fused-ring (bicyclic) bond motifs is 5. The zero-order chi connectivity index (χ0) is 37.8. The van der Waals surface area contributed by atoms with Gasteiger partial charge in [0.1, 0.15) is 5.75 Å². The number of nitrogens with zero attached hydrogens (tertiary/aromatic N) is 3. The summed E-state index contributed by atoms with van der Waals surface area (Å²) in [7, 11) is -3.04. The zero-order valence-corrected chi connectivity index (χ0v) is 33.2. The highest BCUT2D eigenvalue weighted by Crippen LogP contribution is 2.49. The summed E-state index contributed by atoms with van der Waals surface area (Å²) in [5.41, 5.74) is 2.01. The van der Waals surface area contributed by atoms with Gasteiger partial charge in [-0.1, -0.05) is 36.7 Å². The SMILES string of the molecule is C=S1(=O)NC(=O)c2ccc3c(c2)N(C[C@@H]2CC[C@H]2[C@](O)(CC(=O)N2CCN4CCOC[C@@H]4C2)/C=C/C[C@H](C)[C@H]1C)C[C@@]1(CCCc2cc(Cl)ccc21)CO3. The van der Waals surface area contributed by atoms with Gasteiger partial charge in [0.25, 0.3) is 5.91 Å². The van der Waals surface area contributed by atoms with Crippen LogP contribution in [0.15, 0.2) is 48.6 Å². The maximum absolute atomic E-state index is 14.1. The molecular weight excluding hydrogens is 724 g/mol. The normalized spacial score (nSPS) is 36.4. The molecule has 2 bridgehead atoms. The third-order valence-corrected chi connectivity index (χ3v) is 16.1. The lowest BCUT2D eigenvalue weighted by atomic mass is 9.63. The molecule has 0 radical (unpaired) electrons. The van der Waals surface area contributed by atoms with Crippen LogP contribution in [0.4, 0.5) is 5.69 Å². The number of morpholine rings is 1. The van der Waals surface area contributed by atoms with Crippen molar-refractivity contribution in [2.24, 2.45) is 17.8 Å². The highest BCUT2D eigenvalue weighted by atomic mass is 35.5. The summed E-state index contributed by atoms with van der Waals surface area (Å²) < 4.78 is 29.2. The van der Waals surface area contributed by atoms with Crippen molar-refractivity contribution in [1.82, 2.24) is 14.5 Å². The minimum absolute atomic E-state index is 0.00618. The number of aryl methyl sites for hydroxylation is 1. The van der Waals surface area contributed by atoms with Crippen LogP contribution in [-0.2, 0) is 31.1 Å². The zero-order valence-electron chi connectivity index (χ0n) is 31.6. The average molecular weight is 779 g/mol. The third-order valence-electron chi connectivity index (χ3n) is 13.6. The van der Waals surface area contributed by atoms with Crippen LogP contribution in [-0.4, -0.2) is 113 Å². The lowest BCUT2D eigenvalue weighted by Gasteiger charge is -2.50. The van der Waals surface area contributed by atoms with E-state index in [9.17, 15) is 18.9 Å². The van der Waals surface area contributed by atoms with E-state index < -0.39 is 26.5 Å². The van der Waals surface area contributed by atoms with Gasteiger partial charge in [-0.3, -0.25) is 19.2 Å². The quantitative estimate of drug-likeness (QED) is 0.329. The average Bonchev–Trinajstić information content (AvgIpc) is 3.28. The number of rotatable bonds is 2. The van der Waals surface area contributed by atoms with E-state index >= 15 is 0 Å². The largest absolute Gasteiger partial charge is 0.490 e. The van der Waals surface area contributed by atoms with Crippen molar-refractivity contribution in [2.75, 3.05) is 64.0 Å². The third kappa shape index (κ3) is 7.20. The molecule has 1 saturated carbocycles. The molecule has 2 aromatic rings. The van der Waals surface area contributed by atoms with Gasteiger partial charge in [-0.05, 0) is 111 Å². The number of nitrogens with one attached hydrogen (secondary N) is 1. The van der Waals surface area contributed by atoms with Crippen molar-refractivity contribution in [1.29, 1.82) is 0 Å². The number of amides is 2. The molecule has 8 rings (SSSR count). The molecule has 292 valence electrons. The number of hydrogen-bond donors (Lipinski definition) is 2. The van der Waals surface area contributed by atoms with E-state index in [0.29, 0.717) is 57.1 Å². The van der Waals surface area contributed by atoms with Gasteiger partial charge >= 0.3 is 0 Å². The molecule has 54 heavy (non-hydrogen) atoms. The molecule has 4 heterocycles. The van der Waals surface area contributed by atoms with E-state index in [1.165, 1.54) is 11.1 Å². The highest BCUT2D eigenvalue weighted by Gasteiger charge is 2.49. The van der Waals surface area contributed by atoms with Gasteiger partial charge in [0.05, 0.1) is 53.3 Å². The van der Waals surface area contributed by atoms with Crippen LogP contribution in [0.5, 0.6) is 5.75 Å².